The molecule has 0 aliphatic carbocycles. The SMILES string of the molecule is Cc1ccc(C#N)c(NC(C(=O)O)C(C)C)c1. The first-order valence-corrected chi connectivity index (χ1v) is 5.45. The summed E-state index contributed by atoms with van der Waals surface area (Å²) in [6.45, 7) is 5.55. The number of carbonyl (C=O) groups is 1. The van der Waals surface area contributed by atoms with E-state index in [-0.39, 0.29) is 5.92 Å². The smallest absolute Gasteiger partial charge is 0.326 e. The summed E-state index contributed by atoms with van der Waals surface area (Å²) >= 11 is 0. The fourth-order valence-corrected chi connectivity index (χ4v) is 1.56. The molecule has 1 aromatic rings. The van der Waals surface area contributed by atoms with Gasteiger partial charge in [0.1, 0.15) is 12.1 Å². The van der Waals surface area contributed by atoms with Crippen molar-refractivity contribution in [2.24, 2.45) is 5.92 Å². The molecule has 0 amide bonds. The summed E-state index contributed by atoms with van der Waals surface area (Å²) in [4.78, 5) is 11.1. The van der Waals surface area contributed by atoms with E-state index >= 15 is 0 Å². The summed E-state index contributed by atoms with van der Waals surface area (Å²) in [5.41, 5.74) is 2.02. The second kappa shape index (κ2) is 5.35. The van der Waals surface area contributed by atoms with Crippen LogP contribution < -0.4 is 5.32 Å². The maximum absolute atomic E-state index is 11.1. The largest absolute Gasteiger partial charge is 0.480 e. The Hall–Kier alpha value is -2.02. The van der Waals surface area contributed by atoms with Crippen molar-refractivity contribution in [2.45, 2.75) is 26.8 Å². The number of nitrogens with one attached hydrogen (secondary N) is 1. The molecular weight excluding hydrogens is 216 g/mol. The predicted molar refractivity (Wildman–Crippen MR) is 65.8 cm³/mol. The molecule has 0 saturated heterocycles. The number of carboxylic acid groups (broad SMARTS) is 1. The van der Waals surface area contributed by atoms with Gasteiger partial charge in [0.2, 0.25) is 0 Å². The van der Waals surface area contributed by atoms with Crippen LogP contribution in [0, 0.1) is 24.2 Å². The Kier molecular flexibility index (Phi) is 4.11. The fraction of sp³-hybridized carbons (Fsp3) is 0.385. The zero-order chi connectivity index (χ0) is 13.0. The van der Waals surface area contributed by atoms with E-state index in [9.17, 15) is 4.79 Å². The Morgan fingerprint density at radius 2 is 2.12 bits per heavy atom. The number of aliphatic carboxylic acids is 1. The first-order valence-electron chi connectivity index (χ1n) is 5.45. The lowest BCUT2D eigenvalue weighted by Crippen LogP contribution is -2.34. The molecule has 0 heterocycles. The number of hydrogen-bond donors (Lipinski definition) is 2. The minimum atomic E-state index is -0.912. The molecular formula is C13H16N2O2. The number of nitriles is 1. The molecule has 1 rings (SSSR count). The maximum Gasteiger partial charge on any atom is 0.326 e. The molecule has 0 aliphatic heterocycles. The molecule has 0 fully saturated rings. The van der Waals surface area contributed by atoms with E-state index in [1.165, 1.54) is 0 Å². The highest BCUT2D eigenvalue weighted by molar-refractivity contribution is 5.78. The van der Waals surface area contributed by atoms with E-state index in [0.717, 1.165) is 5.56 Å². The van der Waals surface area contributed by atoms with Gasteiger partial charge in [0.15, 0.2) is 0 Å². The predicted octanol–water partition coefficient (Wildman–Crippen LogP) is 2.39. The van der Waals surface area contributed by atoms with Gasteiger partial charge in [-0.05, 0) is 30.5 Å². The first kappa shape index (κ1) is 13.0. The minimum Gasteiger partial charge on any atom is -0.480 e. The number of hydrogen-bond acceptors (Lipinski definition) is 3. The van der Waals surface area contributed by atoms with Gasteiger partial charge in [0.25, 0.3) is 0 Å². The highest BCUT2D eigenvalue weighted by Gasteiger charge is 2.22. The van der Waals surface area contributed by atoms with Gasteiger partial charge in [-0.2, -0.15) is 5.26 Å². The van der Waals surface area contributed by atoms with Crippen LogP contribution in [0.4, 0.5) is 5.69 Å². The van der Waals surface area contributed by atoms with E-state index in [1.54, 1.807) is 12.1 Å². The molecule has 0 aromatic heterocycles. The third-order valence-corrected chi connectivity index (χ3v) is 2.54. The number of rotatable bonds is 4. The van der Waals surface area contributed by atoms with Gasteiger partial charge in [0, 0.05) is 0 Å². The van der Waals surface area contributed by atoms with Crippen LogP contribution in [0.3, 0.4) is 0 Å². The van der Waals surface area contributed by atoms with Crippen molar-refractivity contribution >= 4 is 11.7 Å². The molecule has 0 saturated carbocycles. The van der Waals surface area contributed by atoms with E-state index in [2.05, 4.69) is 11.4 Å². The Balaban J connectivity index is 3.05. The Bertz CT molecular complexity index is 461. The topological polar surface area (TPSA) is 73.1 Å². The molecule has 1 atom stereocenters. The van der Waals surface area contributed by atoms with Gasteiger partial charge in [0.05, 0.1) is 11.3 Å². The summed E-state index contributed by atoms with van der Waals surface area (Å²) < 4.78 is 0. The van der Waals surface area contributed by atoms with Crippen LogP contribution in [0.1, 0.15) is 25.0 Å². The fourth-order valence-electron chi connectivity index (χ4n) is 1.56. The molecule has 0 spiro atoms. The van der Waals surface area contributed by atoms with Gasteiger partial charge in [-0.1, -0.05) is 19.9 Å². The highest BCUT2D eigenvalue weighted by Crippen LogP contribution is 2.19. The van der Waals surface area contributed by atoms with Crippen LogP contribution in [-0.2, 0) is 4.79 Å². The lowest BCUT2D eigenvalue weighted by atomic mass is 10.0. The van der Waals surface area contributed by atoms with E-state index < -0.39 is 12.0 Å². The molecule has 4 heteroatoms. The average Bonchev–Trinajstić information content (AvgIpc) is 2.25. The second-order valence-electron chi connectivity index (χ2n) is 4.37. The Labute approximate surface area is 101 Å². The van der Waals surface area contributed by atoms with Gasteiger partial charge < -0.3 is 10.4 Å². The molecule has 1 aromatic carbocycles. The number of carboxylic acids is 1. The van der Waals surface area contributed by atoms with Crippen molar-refractivity contribution in [2.75, 3.05) is 5.32 Å². The average molecular weight is 232 g/mol. The summed E-state index contributed by atoms with van der Waals surface area (Å²) in [5.74, 6) is -0.968. The standard InChI is InChI=1S/C13H16N2O2/c1-8(2)12(13(16)17)15-11-6-9(3)4-5-10(11)7-14/h4-6,8,12,15H,1-3H3,(H,16,17). The lowest BCUT2D eigenvalue weighted by molar-refractivity contribution is -0.138. The third-order valence-electron chi connectivity index (χ3n) is 2.54. The molecule has 17 heavy (non-hydrogen) atoms. The van der Waals surface area contributed by atoms with E-state index in [1.807, 2.05) is 26.8 Å². The van der Waals surface area contributed by atoms with Crippen LogP contribution >= 0.6 is 0 Å². The van der Waals surface area contributed by atoms with Crippen molar-refractivity contribution in [3.63, 3.8) is 0 Å². The molecule has 0 radical (unpaired) electrons. The summed E-state index contributed by atoms with van der Waals surface area (Å²) in [7, 11) is 0. The number of nitrogens with zero attached hydrogens (tertiary/aromatic N) is 1. The van der Waals surface area contributed by atoms with Crippen LogP contribution in [-0.4, -0.2) is 17.1 Å². The Morgan fingerprint density at radius 1 is 1.47 bits per heavy atom. The summed E-state index contributed by atoms with van der Waals surface area (Å²) in [6.07, 6.45) is 0. The van der Waals surface area contributed by atoms with Crippen molar-refractivity contribution in [1.29, 1.82) is 5.26 Å². The van der Waals surface area contributed by atoms with E-state index in [0.29, 0.717) is 11.3 Å². The lowest BCUT2D eigenvalue weighted by Gasteiger charge is -2.20. The zero-order valence-electron chi connectivity index (χ0n) is 10.2. The molecule has 1 unspecified atom stereocenters. The van der Waals surface area contributed by atoms with Crippen LogP contribution in [0.15, 0.2) is 18.2 Å². The number of benzene rings is 1. The number of aryl methyl sites for hydroxylation is 1. The van der Waals surface area contributed by atoms with Crippen molar-refractivity contribution in [1.82, 2.24) is 0 Å². The van der Waals surface area contributed by atoms with Crippen molar-refractivity contribution in [3.05, 3.63) is 29.3 Å². The molecule has 90 valence electrons. The van der Waals surface area contributed by atoms with Crippen molar-refractivity contribution < 1.29 is 9.90 Å². The normalized spacial score (nSPS) is 11.9. The minimum absolute atomic E-state index is 0.0560. The molecule has 4 nitrogen and oxygen atoms in total. The zero-order valence-corrected chi connectivity index (χ0v) is 10.2. The molecule has 0 bridgehead atoms. The van der Waals surface area contributed by atoms with Gasteiger partial charge >= 0.3 is 5.97 Å². The summed E-state index contributed by atoms with van der Waals surface area (Å²) in [5, 5.41) is 21.0. The van der Waals surface area contributed by atoms with Crippen LogP contribution in [0.2, 0.25) is 0 Å². The van der Waals surface area contributed by atoms with E-state index in [4.69, 9.17) is 10.4 Å². The third kappa shape index (κ3) is 3.22. The van der Waals surface area contributed by atoms with Gasteiger partial charge in [-0.25, -0.2) is 4.79 Å². The molecule has 0 aliphatic rings. The maximum atomic E-state index is 11.1. The van der Waals surface area contributed by atoms with Gasteiger partial charge in [-0.3, -0.25) is 0 Å². The highest BCUT2D eigenvalue weighted by atomic mass is 16.4. The quantitative estimate of drug-likeness (QED) is 0.836. The number of anilines is 1. The second-order valence-corrected chi connectivity index (χ2v) is 4.37. The van der Waals surface area contributed by atoms with Crippen LogP contribution in [0.25, 0.3) is 0 Å². The van der Waals surface area contributed by atoms with Crippen molar-refractivity contribution in [3.8, 4) is 6.07 Å². The summed E-state index contributed by atoms with van der Waals surface area (Å²) in [6, 6.07) is 6.67. The molecule has 2 N–H and O–H groups in total. The Morgan fingerprint density at radius 3 is 2.59 bits per heavy atom. The van der Waals surface area contributed by atoms with Crippen LogP contribution in [0.5, 0.6) is 0 Å². The monoisotopic (exact) mass is 232 g/mol. The first-order chi connectivity index (χ1) is 7.95. The van der Waals surface area contributed by atoms with Gasteiger partial charge in [-0.15, -0.1) is 0 Å².